The van der Waals surface area contributed by atoms with Crippen molar-refractivity contribution in [1.82, 2.24) is 10.1 Å². The lowest BCUT2D eigenvalue weighted by atomic mass is 10.1. The largest absolute Gasteiger partial charge is 0.497 e. The van der Waals surface area contributed by atoms with Crippen LogP contribution in [0, 0.1) is 5.92 Å². The SMILES string of the molecule is COc1ccc2c(CC(=O)OCc3nc(CC(C)C)no3)coc2c1. The molecule has 0 saturated carbocycles. The highest BCUT2D eigenvalue weighted by molar-refractivity contribution is 5.86. The van der Waals surface area contributed by atoms with Crippen LogP contribution < -0.4 is 4.74 Å². The molecule has 0 amide bonds. The van der Waals surface area contributed by atoms with E-state index in [2.05, 4.69) is 24.0 Å². The van der Waals surface area contributed by atoms with Gasteiger partial charge < -0.3 is 18.4 Å². The summed E-state index contributed by atoms with van der Waals surface area (Å²) in [6.07, 6.45) is 2.38. The molecule has 2 aromatic heterocycles. The van der Waals surface area contributed by atoms with Crippen molar-refractivity contribution in [1.29, 1.82) is 0 Å². The lowest BCUT2D eigenvalue weighted by Crippen LogP contribution is -2.08. The van der Waals surface area contributed by atoms with Gasteiger partial charge in [-0.2, -0.15) is 4.98 Å². The Morgan fingerprint density at radius 3 is 2.92 bits per heavy atom. The molecule has 132 valence electrons. The van der Waals surface area contributed by atoms with Gasteiger partial charge in [-0.1, -0.05) is 19.0 Å². The molecule has 7 nitrogen and oxygen atoms in total. The minimum atomic E-state index is -0.387. The third kappa shape index (κ3) is 4.17. The molecular formula is C18H20N2O5. The predicted octanol–water partition coefficient (Wildman–Crippen LogP) is 3.31. The number of hydrogen-bond acceptors (Lipinski definition) is 7. The Bertz CT molecular complexity index is 865. The Balaban J connectivity index is 1.58. The topological polar surface area (TPSA) is 87.6 Å². The van der Waals surface area contributed by atoms with E-state index in [1.54, 1.807) is 19.4 Å². The first kappa shape index (κ1) is 17.0. The molecule has 0 spiro atoms. The smallest absolute Gasteiger partial charge is 0.310 e. The molecule has 0 N–H and O–H groups in total. The second kappa shape index (κ2) is 7.38. The van der Waals surface area contributed by atoms with Crippen molar-refractivity contribution in [3.05, 3.63) is 41.7 Å². The molecule has 0 radical (unpaired) electrons. The van der Waals surface area contributed by atoms with Crippen LogP contribution in [0.1, 0.15) is 31.1 Å². The molecule has 0 bridgehead atoms. The van der Waals surface area contributed by atoms with Crippen molar-refractivity contribution < 1.29 is 23.2 Å². The summed E-state index contributed by atoms with van der Waals surface area (Å²) < 4.78 is 20.9. The van der Waals surface area contributed by atoms with Gasteiger partial charge in [-0.05, 0) is 18.1 Å². The zero-order valence-electron chi connectivity index (χ0n) is 14.4. The molecule has 3 aromatic rings. The van der Waals surface area contributed by atoms with Gasteiger partial charge in [-0.15, -0.1) is 0 Å². The van der Waals surface area contributed by atoms with Crippen molar-refractivity contribution in [3.8, 4) is 5.75 Å². The van der Waals surface area contributed by atoms with Gasteiger partial charge in [-0.3, -0.25) is 4.79 Å². The normalized spacial score (nSPS) is 11.2. The first-order valence-corrected chi connectivity index (χ1v) is 8.06. The molecule has 3 rings (SSSR count). The van der Waals surface area contributed by atoms with Crippen LogP contribution in [0.5, 0.6) is 5.75 Å². The number of fused-ring (bicyclic) bond motifs is 1. The van der Waals surface area contributed by atoms with Crippen molar-refractivity contribution in [2.75, 3.05) is 7.11 Å². The maximum atomic E-state index is 12.1. The van der Waals surface area contributed by atoms with Crippen molar-refractivity contribution in [3.63, 3.8) is 0 Å². The number of aromatic nitrogens is 2. The number of ether oxygens (including phenoxy) is 2. The van der Waals surface area contributed by atoms with E-state index in [4.69, 9.17) is 18.4 Å². The summed E-state index contributed by atoms with van der Waals surface area (Å²) in [5.74, 6) is 1.66. The zero-order chi connectivity index (χ0) is 17.8. The monoisotopic (exact) mass is 344 g/mol. The summed E-state index contributed by atoms with van der Waals surface area (Å²) in [4.78, 5) is 16.3. The summed E-state index contributed by atoms with van der Waals surface area (Å²) in [7, 11) is 1.59. The van der Waals surface area contributed by atoms with Crippen molar-refractivity contribution >= 4 is 16.9 Å². The van der Waals surface area contributed by atoms with E-state index < -0.39 is 0 Å². The summed E-state index contributed by atoms with van der Waals surface area (Å²) >= 11 is 0. The predicted molar refractivity (Wildman–Crippen MR) is 89.1 cm³/mol. The van der Waals surface area contributed by atoms with Crippen LogP contribution in [0.3, 0.4) is 0 Å². The van der Waals surface area contributed by atoms with Crippen LogP contribution >= 0.6 is 0 Å². The van der Waals surface area contributed by atoms with Crippen molar-refractivity contribution in [2.24, 2.45) is 5.92 Å². The highest BCUT2D eigenvalue weighted by Crippen LogP contribution is 2.26. The zero-order valence-corrected chi connectivity index (χ0v) is 14.4. The number of benzene rings is 1. The minimum Gasteiger partial charge on any atom is -0.497 e. The number of rotatable bonds is 7. The highest BCUT2D eigenvalue weighted by Gasteiger charge is 2.14. The molecular weight excluding hydrogens is 324 g/mol. The Kier molecular flexibility index (Phi) is 5.02. The van der Waals surface area contributed by atoms with Gasteiger partial charge in [0.15, 0.2) is 12.4 Å². The molecule has 7 heteroatoms. The van der Waals surface area contributed by atoms with Gasteiger partial charge in [0.25, 0.3) is 5.89 Å². The van der Waals surface area contributed by atoms with Gasteiger partial charge in [-0.25, -0.2) is 0 Å². The van der Waals surface area contributed by atoms with Crippen LogP contribution in [-0.2, 0) is 29.0 Å². The molecule has 25 heavy (non-hydrogen) atoms. The Morgan fingerprint density at radius 2 is 2.16 bits per heavy atom. The van der Waals surface area contributed by atoms with E-state index in [1.165, 1.54) is 0 Å². The number of furan rings is 1. The average Bonchev–Trinajstić information content (AvgIpc) is 3.19. The minimum absolute atomic E-state index is 0.0342. The summed E-state index contributed by atoms with van der Waals surface area (Å²) in [5.41, 5.74) is 1.42. The number of carbonyl (C=O) groups excluding carboxylic acids is 1. The first-order chi connectivity index (χ1) is 12.0. The molecule has 0 unspecified atom stereocenters. The van der Waals surface area contributed by atoms with Gasteiger partial charge in [0.2, 0.25) is 0 Å². The fraction of sp³-hybridized carbons (Fsp3) is 0.389. The number of nitrogens with zero attached hydrogens (tertiary/aromatic N) is 2. The Hall–Kier alpha value is -2.83. The van der Waals surface area contributed by atoms with E-state index >= 15 is 0 Å². The lowest BCUT2D eigenvalue weighted by Gasteiger charge is -2.01. The molecule has 1 aromatic carbocycles. The number of carbonyl (C=O) groups is 1. The van der Waals surface area contributed by atoms with E-state index in [0.717, 1.165) is 17.4 Å². The van der Waals surface area contributed by atoms with Gasteiger partial charge >= 0.3 is 5.97 Å². The van der Waals surface area contributed by atoms with Crippen molar-refractivity contribution in [2.45, 2.75) is 33.3 Å². The number of esters is 1. The van der Waals surface area contributed by atoms with E-state index in [1.807, 2.05) is 12.1 Å². The van der Waals surface area contributed by atoms with Crippen LogP contribution in [0.25, 0.3) is 11.0 Å². The fourth-order valence-electron chi connectivity index (χ4n) is 2.47. The quantitative estimate of drug-likeness (QED) is 0.608. The third-order valence-electron chi connectivity index (χ3n) is 3.66. The van der Waals surface area contributed by atoms with Gasteiger partial charge in [0.1, 0.15) is 11.3 Å². The second-order valence-corrected chi connectivity index (χ2v) is 6.16. The van der Waals surface area contributed by atoms with Gasteiger partial charge in [0, 0.05) is 23.4 Å². The Morgan fingerprint density at radius 1 is 1.32 bits per heavy atom. The maximum absolute atomic E-state index is 12.1. The number of methoxy groups -OCH3 is 1. The molecule has 0 aliphatic rings. The van der Waals surface area contributed by atoms with Gasteiger partial charge in [0.05, 0.1) is 19.8 Å². The van der Waals surface area contributed by atoms with Crippen LogP contribution in [-0.4, -0.2) is 23.2 Å². The average molecular weight is 344 g/mol. The summed E-state index contributed by atoms with van der Waals surface area (Å²) in [6, 6.07) is 5.46. The molecule has 0 aliphatic carbocycles. The Labute approximate surface area is 144 Å². The molecule has 0 saturated heterocycles. The standard InChI is InChI=1S/C18H20N2O5/c1-11(2)6-16-19-17(25-20-16)10-24-18(21)7-12-9-23-15-8-13(22-3)4-5-14(12)15/h4-5,8-9,11H,6-7,10H2,1-3H3. The van der Waals surface area contributed by atoms with E-state index in [-0.39, 0.29) is 19.0 Å². The maximum Gasteiger partial charge on any atom is 0.310 e. The summed E-state index contributed by atoms with van der Waals surface area (Å²) in [5, 5.41) is 4.72. The van der Waals surface area contributed by atoms with Crippen LogP contribution in [0.2, 0.25) is 0 Å². The second-order valence-electron chi connectivity index (χ2n) is 6.16. The molecule has 0 fully saturated rings. The molecule has 0 aliphatic heterocycles. The van der Waals surface area contributed by atoms with Crippen LogP contribution in [0.15, 0.2) is 33.4 Å². The van der Waals surface area contributed by atoms with E-state index in [9.17, 15) is 4.79 Å². The lowest BCUT2D eigenvalue weighted by molar-refractivity contribution is -0.144. The summed E-state index contributed by atoms with van der Waals surface area (Å²) in [6.45, 7) is 4.11. The van der Waals surface area contributed by atoms with E-state index in [0.29, 0.717) is 29.0 Å². The molecule has 2 heterocycles. The highest BCUT2D eigenvalue weighted by atomic mass is 16.6. The third-order valence-corrected chi connectivity index (χ3v) is 3.66. The first-order valence-electron chi connectivity index (χ1n) is 8.06. The van der Waals surface area contributed by atoms with Crippen LogP contribution in [0.4, 0.5) is 0 Å². The number of hydrogen-bond donors (Lipinski definition) is 0. The molecule has 0 atom stereocenters. The fourth-order valence-corrected chi connectivity index (χ4v) is 2.47.